The fraction of sp³-hybridized carbons (Fsp3) is 0.417. The summed E-state index contributed by atoms with van der Waals surface area (Å²) in [5.41, 5.74) is 5.53. The standard InChI is InChI=1S/C12H17NO4/c1-3-16-9-4-6-10(7-5-9)17-8-11(13)12(14)15-2/h4-7,11H,3,8,13H2,1-2H3. The number of carbonyl (C=O) groups excluding carboxylic acids is 1. The van der Waals surface area contributed by atoms with E-state index in [1.165, 1.54) is 7.11 Å². The first-order valence-electron chi connectivity index (χ1n) is 5.36. The third-order valence-electron chi connectivity index (χ3n) is 2.07. The molecule has 94 valence electrons. The van der Waals surface area contributed by atoms with Gasteiger partial charge in [0.1, 0.15) is 24.1 Å². The van der Waals surface area contributed by atoms with Gasteiger partial charge >= 0.3 is 5.97 Å². The zero-order chi connectivity index (χ0) is 12.7. The van der Waals surface area contributed by atoms with Gasteiger partial charge in [-0.05, 0) is 31.2 Å². The van der Waals surface area contributed by atoms with Gasteiger partial charge in [-0.3, -0.25) is 4.79 Å². The van der Waals surface area contributed by atoms with Gasteiger partial charge < -0.3 is 19.9 Å². The Morgan fingerprint density at radius 1 is 1.24 bits per heavy atom. The van der Waals surface area contributed by atoms with Crippen molar-refractivity contribution in [2.45, 2.75) is 13.0 Å². The summed E-state index contributed by atoms with van der Waals surface area (Å²) in [6.45, 7) is 2.62. The number of benzene rings is 1. The highest BCUT2D eigenvalue weighted by Gasteiger charge is 2.14. The van der Waals surface area contributed by atoms with E-state index in [0.29, 0.717) is 12.4 Å². The summed E-state index contributed by atoms with van der Waals surface area (Å²) in [5, 5.41) is 0. The summed E-state index contributed by atoms with van der Waals surface area (Å²) in [6, 6.07) is 6.33. The molecular formula is C12H17NO4. The molecule has 0 aromatic heterocycles. The third-order valence-corrected chi connectivity index (χ3v) is 2.07. The molecule has 0 aliphatic rings. The van der Waals surface area contributed by atoms with Crippen LogP contribution in [0.4, 0.5) is 0 Å². The van der Waals surface area contributed by atoms with Crippen LogP contribution in [0.2, 0.25) is 0 Å². The van der Waals surface area contributed by atoms with E-state index < -0.39 is 12.0 Å². The van der Waals surface area contributed by atoms with Gasteiger partial charge in [0.2, 0.25) is 0 Å². The second-order valence-corrected chi connectivity index (χ2v) is 3.35. The van der Waals surface area contributed by atoms with Crippen LogP contribution in [0, 0.1) is 0 Å². The van der Waals surface area contributed by atoms with Crippen molar-refractivity contribution in [3.63, 3.8) is 0 Å². The maximum absolute atomic E-state index is 11.0. The van der Waals surface area contributed by atoms with Crippen molar-refractivity contribution in [1.82, 2.24) is 0 Å². The van der Waals surface area contributed by atoms with Crippen LogP contribution < -0.4 is 15.2 Å². The van der Waals surface area contributed by atoms with Gasteiger partial charge in [0, 0.05) is 0 Å². The van der Waals surface area contributed by atoms with Crippen LogP contribution in [0.25, 0.3) is 0 Å². The summed E-state index contributed by atoms with van der Waals surface area (Å²) in [5.74, 6) is 0.917. The number of rotatable bonds is 6. The minimum absolute atomic E-state index is 0.0840. The summed E-state index contributed by atoms with van der Waals surface area (Å²) in [7, 11) is 1.29. The molecule has 0 saturated heterocycles. The molecule has 0 saturated carbocycles. The lowest BCUT2D eigenvalue weighted by molar-refractivity contribution is -0.142. The summed E-state index contributed by atoms with van der Waals surface area (Å²) >= 11 is 0. The molecule has 17 heavy (non-hydrogen) atoms. The molecule has 1 aromatic rings. The lowest BCUT2D eigenvalue weighted by Crippen LogP contribution is -2.37. The Morgan fingerprint density at radius 2 is 1.76 bits per heavy atom. The first-order valence-corrected chi connectivity index (χ1v) is 5.36. The van der Waals surface area contributed by atoms with Gasteiger partial charge in [0.15, 0.2) is 0 Å². The zero-order valence-electron chi connectivity index (χ0n) is 10.0. The SMILES string of the molecule is CCOc1ccc(OCC(N)C(=O)OC)cc1. The maximum atomic E-state index is 11.0. The molecule has 1 rings (SSSR count). The van der Waals surface area contributed by atoms with Crippen molar-refractivity contribution in [1.29, 1.82) is 0 Å². The minimum Gasteiger partial charge on any atom is -0.494 e. The average molecular weight is 239 g/mol. The monoisotopic (exact) mass is 239 g/mol. The van der Waals surface area contributed by atoms with Crippen molar-refractivity contribution < 1.29 is 19.0 Å². The number of esters is 1. The number of ether oxygens (including phenoxy) is 3. The molecule has 0 fully saturated rings. The van der Waals surface area contributed by atoms with Crippen LogP contribution in [0.1, 0.15) is 6.92 Å². The highest BCUT2D eigenvalue weighted by molar-refractivity contribution is 5.75. The summed E-state index contributed by atoms with van der Waals surface area (Å²) < 4.78 is 15.1. The Morgan fingerprint density at radius 3 is 2.24 bits per heavy atom. The van der Waals surface area contributed by atoms with E-state index >= 15 is 0 Å². The Kier molecular flexibility index (Phi) is 5.29. The molecule has 5 nitrogen and oxygen atoms in total. The smallest absolute Gasteiger partial charge is 0.326 e. The Labute approximate surface area is 100 Å². The molecular weight excluding hydrogens is 222 g/mol. The quantitative estimate of drug-likeness (QED) is 0.749. The van der Waals surface area contributed by atoms with Crippen LogP contribution in [0.15, 0.2) is 24.3 Å². The molecule has 0 heterocycles. The Hall–Kier alpha value is -1.75. The molecule has 2 N–H and O–H groups in total. The van der Waals surface area contributed by atoms with Crippen molar-refractivity contribution in [2.24, 2.45) is 5.73 Å². The molecule has 0 radical (unpaired) electrons. The van der Waals surface area contributed by atoms with Crippen molar-refractivity contribution in [2.75, 3.05) is 20.3 Å². The normalized spacial score (nSPS) is 11.7. The molecule has 0 spiro atoms. The topological polar surface area (TPSA) is 70.8 Å². The Balaban J connectivity index is 2.44. The molecule has 0 amide bonds. The molecule has 1 atom stereocenters. The van der Waals surface area contributed by atoms with E-state index in [4.69, 9.17) is 15.2 Å². The van der Waals surface area contributed by atoms with Gasteiger partial charge in [-0.15, -0.1) is 0 Å². The highest BCUT2D eigenvalue weighted by atomic mass is 16.5. The van der Waals surface area contributed by atoms with Gasteiger partial charge in [0.25, 0.3) is 0 Å². The first kappa shape index (κ1) is 13.3. The lowest BCUT2D eigenvalue weighted by Gasteiger charge is -2.11. The van der Waals surface area contributed by atoms with Crippen LogP contribution >= 0.6 is 0 Å². The fourth-order valence-corrected chi connectivity index (χ4v) is 1.20. The number of hydrogen-bond donors (Lipinski definition) is 1. The molecule has 1 unspecified atom stereocenters. The van der Waals surface area contributed by atoms with Gasteiger partial charge in [-0.2, -0.15) is 0 Å². The molecule has 0 bridgehead atoms. The van der Waals surface area contributed by atoms with E-state index in [2.05, 4.69) is 4.74 Å². The number of nitrogens with two attached hydrogens (primary N) is 1. The van der Waals surface area contributed by atoms with E-state index in [1.807, 2.05) is 6.92 Å². The third kappa shape index (κ3) is 4.32. The van der Waals surface area contributed by atoms with Crippen LogP contribution in [-0.4, -0.2) is 32.3 Å². The zero-order valence-corrected chi connectivity index (χ0v) is 10.0. The summed E-state index contributed by atoms with van der Waals surface area (Å²) in [6.07, 6.45) is 0. The van der Waals surface area contributed by atoms with Gasteiger partial charge in [0.05, 0.1) is 13.7 Å². The number of methoxy groups -OCH3 is 1. The maximum Gasteiger partial charge on any atom is 0.326 e. The second-order valence-electron chi connectivity index (χ2n) is 3.35. The van der Waals surface area contributed by atoms with Gasteiger partial charge in [-0.25, -0.2) is 0 Å². The predicted molar refractivity (Wildman–Crippen MR) is 63.1 cm³/mol. The molecule has 1 aromatic carbocycles. The molecule has 0 aliphatic carbocycles. The Bertz CT molecular complexity index is 350. The van der Waals surface area contributed by atoms with E-state index in [1.54, 1.807) is 24.3 Å². The predicted octanol–water partition coefficient (Wildman–Crippen LogP) is 0.964. The fourth-order valence-electron chi connectivity index (χ4n) is 1.20. The largest absolute Gasteiger partial charge is 0.494 e. The molecule has 0 aliphatic heterocycles. The molecule has 5 heteroatoms. The number of hydrogen-bond acceptors (Lipinski definition) is 5. The lowest BCUT2D eigenvalue weighted by atomic mass is 10.3. The van der Waals surface area contributed by atoms with Crippen LogP contribution in [0.3, 0.4) is 0 Å². The van der Waals surface area contributed by atoms with Crippen LogP contribution in [0.5, 0.6) is 11.5 Å². The van der Waals surface area contributed by atoms with Gasteiger partial charge in [-0.1, -0.05) is 0 Å². The van der Waals surface area contributed by atoms with E-state index in [0.717, 1.165) is 5.75 Å². The van der Waals surface area contributed by atoms with Crippen molar-refractivity contribution in [3.05, 3.63) is 24.3 Å². The minimum atomic E-state index is -0.772. The van der Waals surface area contributed by atoms with Crippen LogP contribution in [-0.2, 0) is 9.53 Å². The average Bonchev–Trinajstić information content (AvgIpc) is 2.37. The number of carbonyl (C=O) groups is 1. The highest BCUT2D eigenvalue weighted by Crippen LogP contribution is 2.17. The van der Waals surface area contributed by atoms with E-state index in [9.17, 15) is 4.79 Å². The second kappa shape index (κ2) is 6.75. The first-order chi connectivity index (χ1) is 8.17. The van der Waals surface area contributed by atoms with Crippen molar-refractivity contribution in [3.8, 4) is 11.5 Å². The van der Waals surface area contributed by atoms with Crippen molar-refractivity contribution >= 4 is 5.97 Å². The van der Waals surface area contributed by atoms with E-state index in [-0.39, 0.29) is 6.61 Å². The summed E-state index contributed by atoms with van der Waals surface area (Å²) in [4.78, 5) is 11.0.